The van der Waals surface area contributed by atoms with E-state index in [1.54, 1.807) is 0 Å². The molecule has 5 aromatic rings. The Kier molecular flexibility index (Phi) is 4.97. The summed E-state index contributed by atoms with van der Waals surface area (Å²) in [6, 6.07) is 37.4. The van der Waals surface area contributed by atoms with E-state index in [2.05, 4.69) is 72.8 Å². The summed E-state index contributed by atoms with van der Waals surface area (Å²) in [5, 5.41) is 1.09. The van der Waals surface area contributed by atoms with Gasteiger partial charge in [0.2, 0.25) is 0 Å². The molecule has 0 saturated carbocycles. The first-order valence-electron chi connectivity index (χ1n) is 10.1. The van der Waals surface area contributed by atoms with E-state index in [0.29, 0.717) is 6.61 Å². The maximum Gasteiger partial charge on any atom is 0.153 e. The van der Waals surface area contributed by atoms with E-state index < -0.39 is 0 Å². The lowest BCUT2D eigenvalue weighted by molar-refractivity contribution is 0.310. The van der Waals surface area contributed by atoms with Crippen LogP contribution in [0.15, 0.2) is 115 Å². The fourth-order valence-corrected chi connectivity index (χ4v) is 3.78. The van der Waals surface area contributed by atoms with Gasteiger partial charge in [0.1, 0.15) is 12.1 Å². The van der Waals surface area contributed by atoms with Gasteiger partial charge in [-0.05, 0) is 34.4 Å². The standard InChI is InChI=1S/C28H21NO/c1-4-11-21(12-5-1)20-30-28-26(23-15-8-3-9-16-23)19-25(22-13-6-2-7-14-22)24-17-10-18-29-27(24)28/h1-19H,20H2. The normalized spacial score (nSPS) is 10.8. The van der Waals surface area contributed by atoms with Gasteiger partial charge >= 0.3 is 0 Å². The largest absolute Gasteiger partial charge is 0.486 e. The third kappa shape index (κ3) is 3.56. The van der Waals surface area contributed by atoms with Crippen molar-refractivity contribution in [3.05, 3.63) is 121 Å². The minimum Gasteiger partial charge on any atom is -0.486 e. The highest BCUT2D eigenvalue weighted by atomic mass is 16.5. The molecule has 0 N–H and O–H groups in total. The Labute approximate surface area is 176 Å². The highest BCUT2D eigenvalue weighted by Gasteiger charge is 2.17. The van der Waals surface area contributed by atoms with E-state index in [4.69, 9.17) is 9.72 Å². The van der Waals surface area contributed by atoms with Crippen LogP contribution in [0.25, 0.3) is 33.2 Å². The van der Waals surface area contributed by atoms with E-state index in [1.165, 1.54) is 5.56 Å². The molecule has 0 unspecified atom stereocenters. The molecule has 1 heterocycles. The van der Waals surface area contributed by atoms with E-state index in [0.717, 1.165) is 38.9 Å². The summed E-state index contributed by atoms with van der Waals surface area (Å²) >= 11 is 0. The molecule has 0 atom stereocenters. The molecule has 30 heavy (non-hydrogen) atoms. The molecule has 1 aromatic heterocycles. The first kappa shape index (κ1) is 18.1. The van der Waals surface area contributed by atoms with Gasteiger partial charge in [0.15, 0.2) is 5.75 Å². The number of ether oxygens (including phenoxy) is 1. The van der Waals surface area contributed by atoms with Crippen molar-refractivity contribution in [3.8, 4) is 28.0 Å². The fourth-order valence-electron chi connectivity index (χ4n) is 3.78. The zero-order chi connectivity index (χ0) is 20.2. The Balaban J connectivity index is 1.73. The molecule has 144 valence electrons. The Morgan fingerprint density at radius 2 is 1.20 bits per heavy atom. The molecule has 0 spiro atoms. The fraction of sp³-hybridized carbons (Fsp3) is 0.0357. The second-order valence-corrected chi connectivity index (χ2v) is 7.21. The summed E-state index contributed by atoms with van der Waals surface area (Å²) in [4.78, 5) is 4.74. The van der Waals surface area contributed by atoms with Crippen molar-refractivity contribution in [1.29, 1.82) is 0 Å². The maximum atomic E-state index is 6.42. The number of fused-ring (bicyclic) bond motifs is 1. The van der Waals surface area contributed by atoms with Crippen molar-refractivity contribution >= 4 is 10.9 Å². The molecule has 0 fully saturated rings. The zero-order valence-electron chi connectivity index (χ0n) is 16.5. The van der Waals surface area contributed by atoms with Crippen LogP contribution in [0.2, 0.25) is 0 Å². The van der Waals surface area contributed by atoms with Gasteiger partial charge in [-0.15, -0.1) is 0 Å². The van der Waals surface area contributed by atoms with E-state index in [-0.39, 0.29) is 0 Å². The van der Waals surface area contributed by atoms with Crippen molar-refractivity contribution in [1.82, 2.24) is 4.98 Å². The summed E-state index contributed by atoms with van der Waals surface area (Å²) in [7, 11) is 0. The van der Waals surface area contributed by atoms with Crippen LogP contribution in [0.5, 0.6) is 5.75 Å². The molecular formula is C28H21NO. The van der Waals surface area contributed by atoms with Crippen LogP contribution in [0.4, 0.5) is 0 Å². The van der Waals surface area contributed by atoms with Crippen LogP contribution in [0.1, 0.15) is 5.56 Å². The van der Waals surface area contributed by atoms with Crippen molar-refractivity contribution in [2.45, 2.75) is 6.61 Å². The third-order valence-electron chi connectivity index (χ3n) is 5.24. The van der Waals surface area contributed by atoms with E-state index in [1.807, 2.05) is 42.6 Å². The molecule has 0 radical (unpaired) electrons. The number of pyridine rings is 1. The predicted molar refractivity (Wildman–Crippen MR) is 123 cm³/mol. The number of benzene rings is 4. The van der Waals surface area contributed by atoms with Gasteiger partial charge in [-0.25, -0.2) is 0 Å². The molecule has 2 nitrogen and oxygen atoms in total. The Bertz CT molecular complexity index is 1270. The van der Waals surface area contributed by atoms with E-state index >= 15 is 0 Å². The lowest BCUT2D eigenvalue weighted by Gasteiger charge is -2.17. The number of aromatic nitrogens is 1. The molecule has 0 aliphatic heterocycles. The monoisotopic (exact) mass is 387 g/mol. The Morgan fingerprint density at radius 1 is 0.600 bits per heavy atom. The van der Waals surface area contributed by atoms with E-state index in [9.17, 15) is 0 Å². The summed E-state index contributed by atoms with van der Waals surface area (Å²) in [6.07, 6.45) is 1.83. The Hall–Kier alpha value is -3.91. The number of hydrogen-bond acceptors (Lipinski definition) is 2. The SMILES string of the molecule is c1ccc(COc2c(-c3ccccc3)cc(-c3ccccc3)c3cccnc23)cc1. The molecule has 0 aliphatic rings. The molecule has 4 aromatic carbocycles. The number of rotatable bonds is 5. The summed E-state index contributed by atoms with van der Waals surface area (Å²) in [5.74, 6) is 0.820. The first-order chi connectivity index (χ1) is 14.9. The molecule has 5 rings (SSSR count). The quantitative estimate of drug-likeness (QED) is 0.319. The molecule has 2 heteroatoms. The number of hydrogen-bond donors (Lipinski definition) is 0. The maximum absolute atomic E-state index is 6.42. The highest BCUT2D eigenvalue weighted by molar-refractivity contribution is 6.02. The summed E-state index contributed by atoms with van der Waals surface area (Å²) in [6.45, 7) is 0.497. The molecule has 0 bridgehead atoms. The lowest BCUT2D eigenvalue weighted by Crippen LogP contribution is -2.00. The summed E-state index contributed by atoms with van der Waals surface area (Å²) in [5.41, 5.74) is 6.51. The highest BCUT2D eigenvalue weighted by Crippen LogP contribution is 2.41. The van der Waals surface area contributed by atoms with Crippen molar-refractivity contribution in [2.24, 2.45) is 0 Å². The van der Waals surface area contributed by atoms with Crippen molar-refractivity contribution in [3.63, 3.8) is 0 Å². The Morgan fingerprint density at radius 3 is 1.87 bits per heavy atom. The second kappa shape index (κ2) is 8.22. The average molecular weight is 387 g/mol. The van der Waals surface area contributed by atoms with Gasteiger partial charge in [-0.2, -0.15) is 0 Å². The van der Waals surface area contributed by atoms with Crippen molar-refractivity contribution < 1.29 is 4.74 Å². The summed E-state index contributed by atoms with van der Waals surface area (Å²) < 4.78 is 6.42. The molecule has 0 amide bonds. The average Bonchev–Trinajstić information content (AvgIpc) is 2.84. The lowest BCUT2D eigenvalue weighted by atomic mass is 9.94. The number of nitrogens with zero attached hydrogens (tertiary/aromatic N) is 1. The second-order valence-electron chi connectivity index (χ2n) is 7.21. The van der Waals surface area contributed by atoms with Gasteiger partial charge in [0.05, 0.1) is 0 Å². The van der Waals surface area contributed by atoms with Gasteiger partial charge < -0.3 is 4.74 Å². The topological polar surface area (TPSA) is 22.1 Å². The molecule has 0 aliphatic carbocycles. The van der Waals surface area contributed by atoms with Crippen LogP contribution in [-0.2, 0) is 6.61 Å². The molecular weight excluding hydrogens is 366 g/mol. The minimum atomic E-state index is 0.497. The van der Waals surface area contributed by atoms with Gasteiger partial charge in [-0.3, -0.25) is 4.98 Å². The first-order valence-corrected chi connectivity index (χ1v) is 10.1. The van der Waals surface area contributed by atoms with Crippen LogP contribution in [-0.4, -0.2) is 4.98 Å². The smallest absolute Gasteiger partial charge is 0.153 e. The van der Waals surface area contributed by atoms with Crippen LogP contribution in [0, 0.1) is 0 Å². The van der Waals surface area contributed by atoms with Gasteiger partial charge in [0, 0.05) is 17.1 Å². The predicted octanol–water partition coefficient (Wildman–Crippen LogP) is 7.15. The van der Waals surface area contributed by atoms with Crippen molar-refractivity contribution in [2.75, 3.05) is 0 Å². The molecule has 0 saturated heterocycles. The van der Waals surface area contributed by atoms with Crippen LogP contribution >= 0.6 is 0 Å². The van der Waals surface area contributed by atoms with Gasteiger partial charge in [0.25, 0.3) is 0 Å². The third-order valence-corrected chi connectivity index (χ3v) is 5.24. The zero-order valence-corrected chi connectivity index (χ0v) is 16.5. The van der Waals surface area contributed by atoms with Crippen LogP contribution in [0.3, 0.4) is 0 Å². The minimum absolute atomic E-state index is 0.497. The van der Waals surface area contributed by atoms with Gasteiger partial charge in [-0.1, -0.05) is 97.1 Å². The van der Waals surface area contributed by atoms with Crippen LogP contribution < -0.4 is 4.74 Å².